The number of nitrogens with zero attached hydrogens (tertiary/aromatic N) is 1. The van der Waals surface area contributed by atoms with Crippen molar-refractivity contribution in [3.05, 3.63) is 65.9 Å². The number of piperidine rings is 1. The topological polar surface area (TPSA) is 45.5 Å². The van der Waals surface area contributed by atoms with E-state index in [1.807, 2.05) is 24.5 Å². The molecule has 4 nitrogen and oxygen atoms in total. The highest BCUT2D eigenvalue weighted by molar-refractivity contribution is 5.94. The number of furan rings is 1. The molecular formula is C29H38N2O2. The van der Waals surface area contributed by atoms with Gasteiger partial charge in [0.05, 0.1) is 6.26 Å². The molecule has 3 aromatic rings. The Balaban J connectivity index is 1.31. The molecular weight excluding hydrogens is 408 g/mol. The lowest BCUT2D eigenvalue weighted by Gasteiger charge is -2.36. The van der Waals surface area contributed by atoms with Crippen molar-refractivity contribution in [1.29, 1.82) is 0 Å². The Labute approximate surface area is 198 Å². The summed E-state index contributed by atoms with van der Waals surface area (Å²) in [7, 11) is 0. The first-order valence-corrected chi connectivity index (χ1v) is 12.7. The largest absolute Gasteiger partial charge is 0.464 e. The fourth-order valence-corrected chi connectivity index (χ4v) is 5.18. The van der Waals surface area contributed by atoms with E-state index in [4.69, 9.17) is 4.42 Å². The minimum atomic E-state index is 0.0886. The van der Waals surface area contributed by atoms with Crippen LogP contribution in [0.2, 0.25) is 0 Å². The van der Waals surface area contributed by atoms with Crippen molar-refractivity contribution in [2.75, 3.05) is 18.4 Å². The third-order valence-electron chi connectivity index (χ3n) is 7.15. The van der Waals surface area contributed by atoms with E-state index in [-0.39, 0.29) is 5.91 Å². The van der Waals surface area contributed by atoms with Gasteiger partial charge in [0, 0.05) is 29.1 Å². The molecule has 1 aliphatic heterocycles. The number of benzene rings is 2. The standard InChI is InChI=1S/C29H38N2O2/c1-3-9-22(2)31-18-16-24(17-19-31)27-21-33-28-15-14-25(20-26(27)28)30-29(32)13-8-7-12-23-10-5-4-6-11-23/h4-6,10-11,14-15,20-22,24H,3,7-9,12-13,16-19H2,1-2H3,(H,30,32). The van der Waals surface area contributed by atoms with Crippen LogP contribution in [0.25, 0.3) is 11.0 Å². The summed E-state index contributed by atoms with van der Waals surface area (Å²) < 4.78 is 5.87. The number of hydrogen-bond acceptors (Lipinski definition) is 3. The van der Waals surface area contributed by atoms with E-state index >= 15 is 0 Å². The van der Waals surface area contributed by atoms with Gasteiger partial charge < -0.3 is 14.6 Å². The molecule has 0 aliphatic carbocycles. The first kappa shape index (κ1) is 23.6. The van der Waals surface area contributed by atoms with E-state index in [1.54, 1.807) is 0 Å². The van der Waals surface area contributed by atoms with Gasteiger partial charge in [-0.2, -0.15) is 0 Å². The lowest BCUT2D eigenvalue weighted by molar-refractivity contribution is -0.116. The molecule has 1 aliphatic rings. The highest BCUT2D eigenvalue weighted by atomic mass is 16.3. The zero-order chi connectivity index (χ0) is 23.0. The monoisotopic (exact) mass is 446 g/mol. The van der Waals surface area contributed by atoms with Crippen LogP contribution in [0.15, 0.2) is 59.2 Å². The quantitative estimate of drug-likeness (QED) is 0.336. The number of hydrogen-bond donors (Lipinski definition) is 1. The van der Waals surface area contributed by atoms with Gasteiger partial charge in [0.1, 0.15) is 5.58 Å². The van der Waals surface area contributed by atoms with Crippen LogP contribution in [-0.2, 0) is 11.2 Å². The second-order valence-corrected chi connectivity index (χ2v) is 9.59. The number of rotatable bonds is 10. The molecule has 33 heavy (non-hydrogen) atoms. The molecule has 2 aromatic carbocycles. The summed E-state index contributed by atoms with van der Waals surface area (Å²) in [6.45, 7) is 6.92. The Morgan fingerprint density at radius 1 is 1.12 bits per heavy atom. The van der Waals surface area contributed by atoms with Crippen LogP contribution in [0, 0.1) is 0 Å². The van der Waals surface area contributed by atoms with Gasteiger partial charge in [0.25, 0.3) is 0 Å². The van der Waals surface area contributed by atoms with Crippen molar-refractivity contribution >= 4 is 22.6 Å². The summed E-state index contributed by atoms with van der Waals surface area (Å²) in [5.41, 5.74) is 4.41. The summed E-state index contributed by atoms with van der Waals surface area (Å²) in [6.07, 6.45) is 10.3. The number of fused-ring (bicyclic) bond motifs is 1. The third-order valence-corrected chi connectivity index (χ3v) is 7.15. The summed E-state index contributed by atoms with van der Waals surface area (Å²) in [4.78, 5) is 15.1. The number of unbranched alkanes of at least 4 members (excludes halogenated alkanes) is 1. The minimum absolute atomic E-state index is 0.0886. The number of aryl methyl sites for hydroxylation is 1. The molecule has 4 rings (SSSR count). The van der Waals surface area contributed by atoms with E-state index < -0.39 is 0 Å². The van der Waals surface area contributed by atoms with Crippen LogP contribution in [0.1, 0.15) is 75.8 Å². The van der Waals surface area contributed by atoms with E-state index in [2.05, 4.69) is 54.4 Å². The number of carbonyl (C=O) groups excluding carboxylic acids is 1. The van der Waals surface area contributed by atoms with Gasteiger partial charge in [-0.3, -0.25) is 4.79 Å². The average molecular weight is 447 g/mol. The molecule has 1 atom stereocenters. The molecule has 0 radical (unpaired) electrons. The first-order chi connectivity index (χ1) is 16.1. The smallest absolute Gasteiger partial charge is 0.224 e. The van der Waals surface area contributed by atoms with Crippen molar-refractivity contribution < 1.29 is 9.21 Å². The molecule has 2 heterocycles. The molecule has 0 bridgehead atoms. The van der Waals surface area contributed by atoms with Crippen molar-refractivity contribution in [3.8, 4) is 0 Å². The molecule has 0 spiro atoms. The molecule has 4 heteroatoms. The zero-order valence-electron chi connectivity index (χ0n) is 20.2. The van der Waals surface area contributed by atoms with Crippen LogP contribution < -0.4 is 5.32 Å². The van der Waals surface area contributed by atoms with Crippen LogP contribution in [0.3, 0.4) is 0 Å². The first-order valence-electron chi connectivity index (χ1n) is 12.7. The zero-order valence-corrected chi connectivity index (χ0v) is 20.2. The highest BCUT2D eigenvalue weighted by Crippen LogP contribution is 2.36. The fourth-order valence-electron chi connectivity index (χ4n) is 5.18. The molecule has 1 fully saturated rings. The summed E-state index contributed by atoms with van der Waals surface area (Å²) in [5.74, 6) is 0.617. The van der Waals surface area contributed by atoms with E-state index in [1.165, 1.54) is 36.8 Å². The molecule has 0 saturated carbocycles. The van der Waals surface area contributed by atoms with E-state index in [9.17, 15) is 4.79 Å². The summed E-state index contributed by atoms with van der Waals surface area (Å²) in [6, 6.07) is 17.2. The molecule has 1 amide bonds. The molecule has 1 N–H and O–H groups in total. The van der Waals surface area contributed by atoms with Crippen LogP contribution in [0.4, 0.5) is 5.69 Å². The highest BCUT2D eigenvalue weighted by Gasteiger charge is 2.25. The Morgan fingerprint density at radius 3 is 2.67 bits per heavy atom. The van der Waals surface area contributed by atoms with Gasteiger partial charge >= 0.3 is 0 Å². The molecule has 1 aromatic heterocycles. The lowest BCUT2D eigenvalue weighted by Crippen LogP contribution is -2.39. The number of amides is 1. The Morgan fingerprint density at radius 2 is 1.91 bits per heavy atom. The maximum absolute atomic E-state index is 12.5. The number of carbonyl (C=O) groups is 1. The van der Waals surface area contributed by atoms with Gasteiger partial charge in [-0.05, 0) is 88.2 Å². The summed E-state index contributed by atoms with van der Waals surface area (Å²) in [5, 5.41) is 4.25. The molecule has 1 saturated heterocycles. The van der Waals surface area contributed by atoms with Gasteiger partial charge in [-0.25, -0.2) is 0 Å². The maximum atomic E-state index is 12.5. The predicted molar refractivity (Wildman–Crippen MR) is 137 cm³/mol. The van der Waals surface area contributed by atoms with Gasteiger partial charge in [-0.15, -0.1) is 0 Å². The van der Waals surface area contributed by atoms with Crippen molar-refractivity contribution in [3.63, 3.8) is 0 Å². The lowest BCUT2D eigenvalue weighted by atomic mass is 9.88. The van der Waals surface area contributed by atoms with Gasteiger partial charge in [0.2, 0.25) is 5.91 Å². The van der Waals surface area contributed by atoms with Crippen molar-refractivity contribution in [2.45, 2.75) is 77.2 Å². The predicted octanol–water partition coefficient (Wildman–Crippen LogP) is 7.15. The van der Waals surface area contributed by atoms with Crippen LogP contribution in [0.5, 0.6) is 0 Å². The minimum Gasteiger partial charge on any atom is -0.464 e. The third kappa shape index (κ3) is 6.26. The van der Waals surface area contributed by atoms with Crippen molar-refractivity contribution in [1.82, 2.24) is 4.90 Å². The Bertz CT molecular complexity index is 1020. The Kier molecular flexibility index (Phi) is 8.22. The normalized spacial score (nSPS) is 16.2. The van der Waals surface area contributed by atoms with E-state index in [0.717, 1.165) is 49.0 Å². The SMILES string of the molecule is CCCC(C)N1CCC(c2coc3ccc(NC(=O)CCCCc4ccccc4)cc23)CC1. The number of anilines is 1. The van der Waals surface area contributed by atoms with Crippen molar-refractivity contribution in [2.24, 2.45) is 0 Å². The van der Waals surface area contributed by atoms with Crippen LogP contribution >= 0.6 is 0 Å². The second kappa shape index (κ2) is 11.5. The summed E-state index contributed by atoms with van der Waals surface area (Å²) >= 11 is 0. The Hall–Kier alpha value is -2.59. The fraction of sp³-hybridized carbons (Fsp3) is 0.483. The maximum Gasteiger partial charge on any atom is 0.224 e. The van der Waals surface area contributed by atoms with Crippen LogP contribution in [-0.4, -0.2) is 29.9 Å². The van der Waals surface area contributed by atoms with Gasteiger partial charge in [0.15, 0.2) is 0 Å². The number of nitrogens with one attached hydrogen (secondary N) is 1. The van der Waals surface area contributed by atoms with E-state index in [0.29, 0.717) is 18.4 Å². The van der Waals surface area contributed by atoms with Gasteiger partial charge in [-0.1, -0.05) is 43.7 Å². The molecule has 176 valence electrons. The average Bonchev–Trinajstić information content (AvgIpc) is 3.26. The second-order valence-electron chi connectivity index (χ2n) is 9.59. The number of likely N-dealkylation sites (tertiary alicyclic amines) is 1. The molecule has 1 unspecified atom stereocenters.